The van der Waals surface area contributed by atoms with E-state index in [9.17, 15) is 14.4 Å². The number of aryl methyl sites for hydroxylation is 2. The molecule has 2 aliphatic rings. The highest BCUT2D eigenvalue weighted by molar-refractivity contribution is 6.16. The van der Waals surface area contributed by atoms with E-state index >= 15 is 0 Å². The molecule has 160 valence electrons. The zero-order valence-corrected chi connectivity index (χ0v) is 17.8. The molecule has 7 nitrogen and oxygen atoms in total. The number of hydrogen-bond donors (Lipinski definition) is 2. The van der Waals surface area contributed by atoms with Crippen molar-refractivity contribution in [3.05, 3.63) is 64.9 Å². The van der Waals surface area contributed by atoms with Crippen molar-refractivity contribution in [2.45, 2.75) is 26.7 Å². The lowest BCUT2D eigenvalue weighted by atomic mass is 10.1. The van der Waals surface area contributed by atoms with Crippen molar-refractivity contribution in [2.75, 3.05) is 29.9 Å². The van der Waals surface area contributed by atoms with Crippen LogP contribution < -0.4 is 15.5 Å². The molecule has 7 heteroatoms. The molecule has 2 fully saturated rings. The van der Waals surface area contributed by atoms with Crippen LogP contribution in [0.3, 0.4) is 0 Å². The van der Waals surface area contributed by atoms with Gasteiger partial charge in [0.15, 0.2) is 0 Å². The molecule has 4 amide bonds. The van der Waals surface area contributed by atoms with Crippen molar-refractivity contribution in [3.63, 3.8) is 0 Å². The second-order valence-electron chi connectivity index (χ2n) is 7.98. The van der Waals surface area contributed by atoms with Crippen LogP contribution in [0.2, 0.25) is 0 Å². The van der Waals surface area contributed by atoms with Crippen LogP contribution in [0.4, 0.5) is 16.2 Å². The fraction of sp³-hybridized carbons (Fsp3) is 0.292. The molecule has 4 rings (SSSR count). The number of imide groups is 1. The third-order valence-corrected chi connectivity index (χ3v) is 5.71. The summed E-state index contributed by atoms with van der Waals surface area (Å²) in [6.45, 7) is 5.65. The third-order valence-electron chi connectivity index (χ3n) is 5.71. The Balaban J connectivity index is 1.45. The molecule has 0 aliphatic carbocycles. The first-order chi connectivity index (χ1) is 14.9. The van der Waals surface area contributed by atoms with Crippen molar-refractivity contribution in [1.29, 1.82) is 0 Å². The van der Waals surface area contributed by atoms with Gasteiger partial charge >= 0.3 is 6.03 Å². The molecule has 0 aromatic heterocycles. The number of benzene rings is 2. The summed E-state index contributed by atoms with van der Waals surface area (Å²) in [5, 5.41) is 5.34. The highest BCUT2D eigenvalue weighted by atomic mass is 16.2. The van der Waals surface area contributed by atoms with E-state index in [1.54, 1.807) is 12.1 Å². The van der Waals surface area contributed by atoms with E-state index in [1.807, 2.05) is 44.2 Å². The van der Waals surface area contributed by atoms with E-state index < -0.39 is 17.8 Å². The summed E-state index contributed by atoms with van der Waals surface area (Å²) in [5.41, 5.74) is 4.79. The number of rotatable bonds is 5. The van der Waals surface area contributed by atoms with Crippen LogP contribution in [0.15, 0.2) is 48.2 Å². The maximum absolute atomic E-state index is 12.7. The SMILES string of the molecule is Cc1cc(N2CCCC2)ccc1/C=C1\NC(=O)N(CC(=O)Nc2ccccc2C)C1=O. The molecule has 0 bridgehead atoms. The standard InChI is InChI=1S/C24H26N4O3/c1-16-7-3-4-8-20(16)25-22(29)15-28-23(30)21(26-24(28)31)14-18-9-10-19(13-17(18)2)27-11-5-6-12-27/h3-4,7-10,13-14H,5-6,11-12,15H2,1-2H3,(H,25,29)(H,26,31)/b21-14-. The predicted molar refractivity (Wildman–Crippen MR) is 121 cm³/mol. The molecule has 0 unspecified atom stereocenters. The van der Waals surface area contributed by atoms with Gasteiger partial charge in [-0.1, -0.05) is 24.3 Å². The van der Waals surface area contributed by atoms with Crippen LogP contribution in [0, 0.1) is 13.8 Å². The van der Waals surface area contributed by atoms with E-state index in [2.05, 4.69) is 21.6 Å². The number of anilines is 2. The van der Waals surface area contributed by atoms with Gasteiger partial charge in [0, 0.05) is 24.5 Å². The molecular weight excluding hydrogens is 392 g/mol. The predicted octanol–water partition coefficient (Wildman–Crippen LogP) is 3.44. The second-order valence-corrected chi connectivity index (χ2v) is 7.98. The Morgan fingerprint density at radius 3 is 2.52 bits per heavy atom. The van der Waals surface area contributed by atoms with Gasteiger partial charge in [0.2, 0.25) is 5.91 Å². The average Bonchev–Trinajstić information content (AvgIpc) is 3.36. The van der Waals surface area contributed by atoms with Crippen molar-refractivity contribution in [2.24, 2.45) is 0 Å². The van der Waals surface area contributed by atoms with Crippen LogP contribution in [-0.4, -0.2) is 42.4 Å². The Bertz CT molecular complexity index is 1070. The first-order valence-corrected chi connectivity index (χ1v) is 10.5. The number of urea groups is 1. The summed E-state index contributed by atoms with van der Waals surface area (Å²) in [7, 11) is 0. The quantitative estimate of drug-likeness (QED) is 0.576. The minimum absolute atomic E-state index is 0.172. The Labute approximate surface area is 181 Å². The lowest BCUT2D eigenvalue weighted by Crippen LogP contribution is -2.38. The molecule has 0 radical (unpaired) electrons. The van der Waals surface area contributed by atoms with Gasteiger partial charge in [-0.3, -0.25) is 9.59 Å². The van der Waals surface area contributed by atoms with Gasteiger partial charge in [0.25, 0.3) is 5.91 Å². The first kappa shape index (κ1) is 20.7. The Morgan fingerprint density at radius 1 is 1.06 bits per heavy atom. The van der Waals surface area contributed by atoms with Gasteiger partial charge in [-0.05, 0) is 67.7 Å². The number of nitrogens with zero attached hydrogens (tertiary/aromatic N) is 2. The normalized spacial score (nSPS) is 17.4. The number of carbonyl (C=O) groups is 3. The van der Waals surface area contributed by atoms with Gasteiger partial charge in [0.05, 0.1) is 0 Å². The Kier molecular flexibility index (Phi) is 5.75. The third kappa shape index (κ3) is 4.45. The van der Waals surface area contributed by atoms with E-state index in [1.165, 1.54) is 18.5 Å². The lowest BCUT2D eigenvalue weighted by molar-refractivity contribution is -0.127. The molecular formula is C24H26N4O3. The van der Waals surface area contributed by atoms with Gasteiger partial charge in [-0.25, -0.2) is 9.69 Å². The second kappa shape index (κ2) is 8.63. The van der Waals surface area contributed by atoms with Crippen molar-refractivity contribution < 1.29 is 14.4 Å². The molecule has 2 N–H and O–H groups in total. The number of amides is 4. The summed E-state index contributed by atoms with van der Waals surface area (Å²) < 4.78 is 0. The zero-order valence-electron chi connectivity index (χ0n) is 17.8. The number of carbonyl (C=O) groups excluding carboxylic acids is 3. The maximum Gasteiger partial charge on any atom is 0.329 e. The molecule has 0 atom stereocenters. The molecule has 31 heavy (non-hydrogen) atoms. The summed E-state index contributed by atoms with van der Waals surface area (Å²) in [5.74, 6) is -0.932. The van der Waals surface area contributed by atoms with E-state index in [0.29, 0.717) is 5.69 Å². The highest BCUT2D eigenvalue weighted by Crippen LogP contribution is 2.25. The molecule has 2 aromatic rings. The fourth-order valence-corrected chi connectivity index (χ4v) is 3.91. The van der Waals surface area contributed by atoms with Crippen molar-refractivity contribution >= 4 is 35.3 Å². The summed E-state index contributed by atoms with van der Waals surface area (Å²) in [4.78, 5) is 40.7. The van der Waals surface area contributed by atoms with Crippen molar-refractivity contribution in [1.82, 2.24) is 10.2 Å². The van der Waals surface area contributed by atoms with Gasteiger partial charge in [-0.15, -0.1) is 0 Å². The largest absolute Gasteiger partial charge is 0.372 e. The summed E-state index contributed by atoms with van der Waals surface area (Å²) in [6, 6.07) is 12.9. The monoisotopic (exact) mass is 418 g/mol. The van der Waals surface area contributed by atoms with Crippen molar-refractivity contribution in [3.8, 4) is 0 Å². The smallest absolute Gasteiger partial charge is 0.329 e. The zero-order chi connectivity index (χ0) is 22.0. The van der Waals surface area contributed by atoms with E-state index in [4.69, 9.17) is 0 Å². The number of para-hydroxylation sites is 1. The van der Waals surface area contributed by atoms with Gasteiger partial charge in [-0.2, -0.15) is 0 Å². The molecule has 0 saturated carbocycles. The Hall–Kier alpha value is -3.61. The highest BCUT2D eigenvalue weighted by Gasteiger charge is 2.35. The molecule has 2 aliphatic heterocycles. The van der Waals surface area contributed by atoms with E-state index in [-0.39, 0.29) is 12.2 Å². The number of hydrogen-bond acceptors (Lipinski definition) is 4. The first-order valence-electron chi connectivity index (χ1n) is 10.5. The summed E-state index contributed by atoms with van der Waals surface area (Å²) >= 11 is 0. The van der Waals surface area contributed by atoms with E-state index in [0.717, 1.165) is 34.7 Å². The van der Waals surface area contributed by atoms with Gasteiger partial charge in [0.1, 0.15) is 12.2 Å². The van der Waals surface area contributed by atoms with Crippen LogP contribution >= 0.6 is 0 Å². The molecule has 2 aromatic carbocycles. The van der Waals surface area contributed by atoms with Gasteiger partial charge < -0.3 is 15.5 Å². The van der Waals surface area contributed by atoms with Crippen LogP contribution in [-0.2, 0) is 9.59 Å². The number of nitrogens with one attached hydrogen (secondary N) is 2. The van der Waals surface area contributed by atoms with Crippen LogP contribution in [0.5, 0.6) is 0 Å². The molecule has 0 spiro atoms. The minimum Gasteiger partial charge on any atom is -0.372 e. The fourth-order valence-electron chi connectivity index (χ4n) is 3.91. The maximum atomic E-state index is 12.7. The average molecular weight is 418 g/mol. The van der Waals surface area contributed by atoms with Crippen LogP contribution in [0.1, 0.15) is 29.5 Å². The van der Waals surface area contributed by atoms with Crippen LogP contribution in [0.25, 0.3) is 6.08 Å². The molecule has 2 heterocycles. The minimum atomic E-state index is -0.595. The molecule has 2 saturated heterocycles. The topological polar surface area (TPSA) is 81.8 Å². The Morgan fingerprint density at radius 2 is 1.81 bits per heavy atom. The lowest BCUT2D eigenvalue weighted by Gasteiger charge is -2.18. The summed E-state index contributed by atoms with van der Waals surface area (Å²) in [6.07, 6.45) is 4.08.